The van der Waals surface area contributed by atoms with Crippen LogP contribution >= 0.6 is 11.3 Å². The molecule has 0 unspecified atom stereocenters. The molecule has 0 bridgehead atoms. The predicted molar refractivity (Wildman–Crippen MR) is 122 cm³/mol. The van der Waals surface area contributed by atoms with Crippen LogP contribution in [0.15, 0.2) is 78.2 Å². The fourth-order valence-corrected chi connectivity index (χ4v) is 4.08. The summed E-state index contributed by atoms with van der Waals surface area (Å²) in [7, 11) is 0. The molecule has 7 heteroatoms. The monoisotopic (exact) mass is 444 g/mol. The lowest BCUT2D eigenvalue weighted by atomic mass is 10.2. The summed E-state index contributed by atoms with van der Waals surface area (Å²) in [6.45, 7) is 1.13. The Hall–Kier alpha value is -3.84. The fraction of sp³-hybridized carbons (Fsp3) is 0.120. The predicted octanol–water partition coefficient (Wildman–Crippen LogP) is 5.05. The number of nitrogens with one attached hydrogen (secondary N) is 1. The van der Waals surface area contributed by atoms with Gasteiger partial charge in [-0.05, 0) is 47.5 Å². The molecule has 4 aromatic rings. The summed E-state index contributed by atoms with van der Waals surface area (Å²) in [4.78, 5) is 17.0. The van der Waals surface area contributed by atoms with E-state index in [1.165, 1.54) is 11.3 Å². The number of benzene rings is 3. The number of fused-ring (bicyclic) bond motifs is 1. The molecule has 32 heavy (non-hydrogen) atoms. The highest BCUT2D eigenvalue weighted by atomic mass is 32.1. The normalized spacial score (nSPS) is 11.9. The van der Waals surface area contributed by atoms with E-state index in [2.05, 4.69) is 10.3 Å². The van der Waals surface area contributed by atoms with Gasteiger partial charge in [-0.3, -0.25) is 4.79 Å². The van der Waals surface area contributed by atoms with Gasteiger partial charge in [0, 0.05) is 17.5 Å². The van der Waals surface area contributed by atoms with Crippen LogP contribution < -0.4 is 19.5 Å². The van der Waals surface area contributed by atoms with Crippen LogP contribution in [-0.4, -0.2) is 17.7 Å². The minimum absolute atomic E-state index is 0.215. The molecule has 0 saturated carbocycles. The average Bonchev–Trinajstić information content (AvgIpc) is 3.52. The van der Waals surface area contributed by atoms with E-state index in [0.29, 0.717) is 24.6 Å². The minimum Gasteiger partial charge on any atom is -0.489 e. The van der Waals surface area contributed by atoms with Crippen LogP contribution in [0.5, 0.6) is 17.2 Å². The molecule has 1 aromatic heterocycles. The maximum atomic E-state index is 12.5. The van der Waals surface area contributed by atoms with Gasteiger partial charge in [-0.15, -0.1) is 11.3 Å². The summed E-state index contributed by atoms with van der Waals surface area (Å²) in [5, 5.41) is 5.45. The van der Waals surface area contributed by atoms with Crippen LogP contribution in [0.1, 0.15) is 21.6 Å². The van der Waals surface area contributed by atoms with Gasteiger partial charge in [0.1, 0.15) is 23.1 Å². The van der Waals surface area contributed by atoms with Crippen LogP contribution in [0, 0.1) is 0 Å². The van der Waals surface area contributed by atoms with Crippen molar-refractivity contribution >= 4 is 17.2 Å². The Bertz CT molecular complexity index is 1220. The number of amides is 1. The van der Waals surface area contributed by atoms with Crippen molar-refractivity contribution in [2.75, 3.05) is 6.79 Å². The lowest BCUT2D eigenvalue weighted by Gasteiger charge is -2.06. The first-order chi connectivity index (χ1) is 15.7. The Kier molecular flexibility index (Phi) is 5.72. The van der Waals surface area contributed by atoms with Gasteiger partial charge >= 0.3 is 0 Å². The van der Waals surface area contributed by atoms with E-state index >= 15 is 0 Å². The van der Waals surface area contributed by atoms with Crippen molar-refractivity contribution in [3.63, 3.8) is 0 Å². The molecular weight excluding hydrogens is 424 g/mol. The number of aromatic nitrogens is 1. The zero-order valence-corrected chi connectivity index (χ0v) is 17.9. The molecule has 0 aliphatic carbocycles. The lowest BCUT2D eigenvalue weighted by molar-refractivity contribution is 0.0946. The molecule has 1 amide bonds. The molecule has 1 aliphatic heterocycles. The van der Waals surface area contributed by atoms with Gasteiger partial charge in [-0.25, -0.2) is 4.98 Å². The number of rotatable bonds is 7. The minimum atomic E-state index is -0.215. The maximum Gasteiger partial charge on any atom is 0.271 e. The number of hydrogen-bond donors (Lipinski definition) is 1. The lowest BCUT2D eigenvalue weighted by Crippen LogP contribution is -2.23. The van der Waals surface area contributed by atoms with Gasteiger partial charge in [-0.1, -0.05) is 36.4 Å². The highest BCUT2D eigenvalue weighted by Crippen LogP contribution is 2.32. The van der Waals surface area contributed by atoms with Crippen molar-refractivity contribution in [1.29, 1.82) is 0 Å². The number of hydrogen-bond acceptors (Lipinski definition) is 6. The van der Waals surface area contributed by atoms with Gasteiger partial charge in [0.2, 0.25) is 6.79 Å². The van der Waals surface area contributed by atoms with Gasteiger partial charge in [0.05, 0.1) is 0 Å². The highest BCUT2D eigenvalue weighted by molar-refractivity contribution is 7.13. The van der Waals surface area contributed by atoms with Crippen molar-refractivity contribution in [2.24, 2.45) is 0 Å². The van der Waals surface area contributed by atoms with E-state index in [1.807, 2.05) is 72.8 Å². The highest BCUT2D eigenvalue weighted by Gasteiger charge is 2.15. The summed E-state index contributed by atoms with van der Waals surface area (Å²) >= 11 is 1.44. The number of thiazole rings is 1. The summed E-state index contributed by atoms with van der Waals surface area (Å²) in [6, 6.07) is 23.4. The quantitative estimate of drug-likeness (QED) is 0.432. The Balaban J connectivity index is 1.18. The Morgan fingerprint density at radius 3 is 2.62 bits per heavy atom. The Labute approximate surface area is 189 Å². The molecule has 0 fully saturated rings. The summed E-state index contributed by atoms with van der Waals surface area (Å²) in [6.07, 6.45) is 0. The van der Waals surface area contributed by atoms with Gasteiger partial charge in [0.15, 0.2) is 11.5 Å². The molecule has 0 atom stereocenters. The average molecular weight is 445 g/mol. The molecule has 3 aromatic carbocycles. The third kappa shape index (κ3) is 4.58. The molecule has 0 radical (unpaired) electrons. The largest absolute Gasteiger partial charge is 0.489 e. The van der Waals surface area contributed by atoms with Crippen LogP contribution in [0.3, 0.4) is 0 Å². The fourth-order valence-electron chi connectivity index (χ4n) is 3.27. The van der Waals surface area contributed by atoms with Crippen molar-refractivity contribution in [3.8, 4) is 27.8 Å². The van der Waals surface area contributed by atoms with Gasteiger partial charge in [-0.2, -0.15) is 0 Å². The zero-order valence-electron chi connectivity index (χ0n) is 17.1. The molecule has 0 spiro atoms. The van der Waals surface area contributed by atoms with Gasteiger partial charge < -0.3 is 19.5 Å². The van der Waals surface area contributed by atoms with Crippen LogP contribution in [0.4, 0.5) is 0 Å². The van der Waals surface area contributed by atoms with Crippen molar-refractivity contribution < 1.29 is 19.0 Å². The first-order valence-electron chi connectivity index (χ1n) is 10.1. The smallest absolute Gasteiger partial charge is 0.271 e. The molecule has 2 heterocycles. The number of carbonyl (C=O) groups is 1. The summed E-state index contributed by atoms with van der Waals surface area (Å²) in [5.74, 6) is 1.99. The molecule has 5 rings (SSSR count). The Morgan fingerprint density at radius 1 is 0.969 bits per heavy atom. The molecule has 6 nitrogen and oxygen atoms in total. The third-order valence-corrected chi connectivity index (χ3v) is 5.87. The SMILES string of the molecule is O=C(NCc1ccc2c(c1)OCO2)c1csc(-c2ccc(OCc3ccccc3)cc2)n1. The van der Waals surface area contributed by atoms with Crippen LogP contribution in [0.2, 0.25) is 0 Å². The topological polar surface area (TPSA) is 69.7 Å². The maximum absolute atomic E-state index is 12.5. The van der Waals surface area contributed by atoms with Crippen LogP contribution in [-0.2, 0) is 13.2 Å². The third-order valence-electron chi connectivity index (χ3n) is 4.98. The van der Waals surface area contributed by atoms with E-state index in [0.717, 1.165) is 33.2 Å². The number of ether oxygens (including phenoxy) is 3. The van der Waals surface area contributed by atoms with Crippen molar-refractivity contribution in [2.45, 2.75) is 13.2 Å². The van der Waals surface area contributed by atoms with E-state index < -0.39 is 0 Å². The molecule has 160 valence electrons. The molecular formula is C25H20N2O4S. The van der Waals surface area contributed by atoms with Crippen LogP contribution in [0.25, 0.3) is 10.6 Å². The van der Waals surface area contributed by atoms with E-state index in [9.17, 15) is 4.79 Å². The molecule has 1 aliphatic rings. The number of carbonyl (C=O) groups excluding carboxylic acids is 1. The second-order valence-electron chi connectivity index (χ2n) is 7.21. The summed E-state index contributed by atoms with van der Waals surface area (Å²) < 4.78 is 16.5. The number of nitrogens with zero attached hydrogens (tertiary/aromatic N) is 1. The summed E-state index contributed by atoms with van der Waals surface area (Å²) in [5.41, 5.74) is 3.39. The molecule has 1 N–H and O–H groups in total. The van der Waals surface area contributed by atoms with E-state index in [4.69, 9.17) is 14.2 Å². The van der Waals surface area contributed by atoms with Crippen molar-refractivity contribution in [1.82, 2.24) is 10.3 Å². The van der Waals surface area contributed by atoms with Crippen molar-refractivity contribution in [3.05, 3.63) is 95.0 Å². The second kappa shape index (κ2) is 9.11. The first kappa shape index (κ1) is 20.1. The zero-order chi connectivity index (χ0) is 21.8. The first-order valence-corrected chi connectivity index (χ1v) is 11.0. The Morgan fingerprint density at radius 2 is 1.78 bits per heavy atom. The molecule has 0 saturated heterocycles. The van der Waals surface area contributed by atoms with Gasteiger partial charge in [0.25, 0.3) is 5.91 Å². The van der Waals surface area contributed by atoms with E-state index in [1.54, 1.807) is 5.38 Å². The standard InChI is InChI=1S/C25H20N2O4S/c28-24(26-13-18-6-11-22-23(12-18)31-16-30-22)21-15-32-25(27-21)19-7-9-20(10-8-19)29-14-17-4-2-1-3-5-17/h1-12,15H,13-14,16H2,(H,26,28). The van der Waals surface area contributed by atoms with E-state index in [-0.39, 0.29) is 12.7 Å². The second-order valence-corrected chi connectivity index (χ2v) is 8.06.